The molecule has 1 aromatic rings. The zero-order chi connectivity index (χ0) is 15.3. The number of likely N-dealkylation sites (N-methyl/N-ethyl adjacent to an activating group) is 1. The number of nitrogens with zero attached hydrogens (tertiary/aromatic N) is 2. The van der Waals surface area contributed by atoms with Gasteiger partial charge in [-0.3, -0.25) is 4.79 Å². The zero-order valence-corrected chi connectivity index (χ0v) is 13.9. The number of likely N-dealkylation sites (tertiary alicyclic amines) is 2. The van der Waals surface area contributed by atoms with Crippen LogP contribution in [0.5, 0.6) is 0 Å². The largest absolute Gasteiger partial charge is 0.340 e. The van der Waals surface area contributed by atoms with Crippen molar-refractivity contribution in [1.82, 2.24) is 9.80 Å². The lowest BCUT2D eigenvalue weighted by Crippen LogP contribution is -2.51. The van der Waals surface area contributed by atoms with Gasteiger partial charge in [0.25, 0.3) is 0 Å². The fourth-order valence-corrected chi connectivity index (χ4v) is 4.69. The number of fused-ring (bicyclic) bond motifs is 1. The molecule has 0 radical (unpaired) electrons. The molecular formula is C18H23ClN2O. The van der Waals surface area contributed by atoms with Crippen molar-refractivity contribution >= 4 is 17.5 Å². The van der Waals surface area contributed by atoms with E-state index in [0.29, 0.717) is 17.9 Å². The SMILES string of the molecule is CN1CC[C@@H]2CN(C(=O)C3(c4ccc(Cl)cc4)CCC3)C[C@@H]21. The molecule has 1 amide bonds. The summed E-state index contributed by atoms with van der Waals surface area (Å²) in [5.74, 6) is 1.03. The second-order valence-electron chi connectivity index (χ2n) is 7.25. The van der Waals surface area contributed by atoms with E-state index in [1.165, 1.54) is 13.0 Å². The maximum absolute atomic E-state index is 13.2. The molecule has 2 atom stereocenters. The van der Waals surface area contributed by atoms with Gasteiger partial charge in [-0.25, -0.2) is 0 Å². The topological polar surface area (TPSA) is 23.6 Å². The molecule has 1 aromatic carbocycles. The minimum Gasteiger partial charge on any atom is -0.340 e. The summed E-state index contributed by atoms with van der Waals surface area (Å²) in [5, 5.41) is 0.739. The lowest BCUT2D eigenvalue weighted by Gasteiger charge is -2.43. The molecule has 0 unspecified atom stereocenters. The van der Waals surface area contributed by atoms with E-state index in [1.807, 2.05) is 24.3 Å². The molecule has 4 heteroatoms. The van der Waals surface area contributed by atoms with E-state index < -0.39 is 0 Å². The van der Waals surface area contributed by atoms with Crippen LogP contribution < -0.4 is 0 Å². The molecule has 0 N–H and O–H groups in total. The van der Waals surface area contributed by atoms with E-state index in [1.54, 1.807) is 0 Å². The third-order valence-corrected chi connectivity index (χ3v) is 6.38. The van der Waals surface area contributed by atoms with Crippen LogP contribution in [-0.2, 0) is 10.2 Å². The van der Waals surface area contributed by atoms with Gasteiger partial charge in [-0.05, 0) is 56.5 Å². The van der Waals surface area contributed by atoms with Crippen LogP contribution in [0.3, 0.4) is 0 Å². The Hall–Kier alpha value is -1.06. The molecule has 1 saturated carbocycles. The number of carbonyl (C=O) groups is 1. The van der Waals surface area contributed by atoms with Gasteiger partial charge in [0.05, 0.1) is 5.41 Å². The summed E-state index contributed by atoms with van der Waals surface area (Å²) in [4.78, 5) is 17.8. The highest BCUT2D eigenvalue weighted by molar-refractivity contribution is 6.30. The van der Waals surface area contributed by atoms with Crippen LogP contribution in [0.2, 0.25) is 5.02 Å². The van der Waals surface area contributed by atoms with Crippen LogP contribution >= 0.6 is 11.6 Å². The molecule has 0 spiro atoms. The van der Waals surface area contributed by atoms with E-state index in [-0.39, 0.29) is 5.41 Å². The number of carbonyl (C=O) groups excluding carboxylic acids is 1. The number of rotatable bonds is 2. The lowest BCUT2D eigenvalue weighted by molar-refractivity contribution is -0.140. The highest BCUT2D eigenvalue weighted by Crippen LogP contribution is 2.46. The number of amides is 1. The molecule has 3 fully saturated rings. The molecule has 0 bridgehead atoms. The summed E-state index contributed by atoms with van der Waals surface area (Å²) in [6, 6.07) is 8.49. The lowest BCUT2D eigenvalue weighted by atomic mass is 9.63. The summed E-state index contributed by atoms with van der Waals surface area (Å²) >= 11 is 6.01. The molecule has 3 nitrogen and oxygen atoms in total. The Morgan fingerprint density at radius 1 is 1.23 bits per heavy atom. The minimum atomic E-state index is -0.276. The average Bonchev–Trinajstić information content (AvgIpc) is 3.02. The van der Waals surface area contributed by atoms with Gasteiger partial charge in [0.15, 0.2) is 0 Å². The highest BCUT2D eigenvalue weighted by Gasteiger charge is 2.51. The van der Waals surface area contributed by atoms with Crippen LogP contribution in [0.1, 0.15) is 31.2 Å². The summed E-state index contributed by atoms with van der Waals surface area (Å²) < 4.78 is 0. The van der Waals surface area contributed by atoms with Crippen LogP contribution in [-0.4, -0.2) is 48.4 Å². The summed E-state index contributed by atoms with van der Waals surface area (Å²) in [5.41, 5.74) is 0.875. The first kappa shape index (κ1) is 14.5. The van der Waals surface area contributed by atoms with Gasteiger partial charge in [-0.15, -0.1) is 0 Å². The van der Waals surface area contributed by atoms with Crippen molar-refractivity contribution < 1.29 is 4.79 Å². The fraction of sp³-hybridized carbons (Fsp3) is 0.611. The minimum absolute atomic E-state index is 0.276. The van der Waals surface area contributed by atoms with Gasteiger partial charge in [0.1, 0.15) is 0 Å². The zero-order valence-electron chi connectivity index (χ0n) is 13.1. The first-order valence-corrected chi connectivity index (χ1v) is 8.74. The Balaban J connectivity index is 1.57. The van der Waals surface area contributed by atoms with Gasteiger partial charge in [-0.2, -0.15) is 0 Å². The van der Waals surface area contributed by atoms with E-state index in [9.17, 15) is 4.79 Å². The van der Waals surface area contributed by atoms with Crippen LogP contribution in [0.15, 0.2) is 24.3 Å². The van der Waals surface area contributed by atoms with E-state index in [2.05, 4.69) is 16.8 Å². The Labute approximate surface area is 137 Å². The average molecular weight is 319 g/mol. The van der Waals surface area contributed by atoms with E-state index >= 15 is 0 Å². The molecule has 4 rings (SSSR count). The Kier molecular flexibility index (Phi) is 3.46. The Morgan fingerprint density at radius 3 is 2.55 bits per heavy atom. The van der Waals surface area contributed by atoms with Crippen molar-refractivity contribution in [3.8, 4) is 0 Å². The summed E-state index contributed by atoms with van der Waals surface area (Å²) in [6.07, 6.45) is 4.35. The third-order valence-electron chi connectivity index (χ3n) is 6.13. The smallest absolute Gasteiger partial charge is 0.233 e. The normalized spacial score (nSPS) is 30.2. The van der Waals surface area contributed by atoms with Gasteiger partial charge in [0, 0.05) is 24.2 Å². The molecule has 3 aliphatic rings. The first-order valence-electron chi connectivity index (χ1n) is 8.36. The van der Waals surface area contributed by atoms with Crippen molar-refractivity contribution in [3.63, 3.8) is 0 Å². The molecule has 22 heavy (non-hydrogen) atoms. The maximum Gasteiger partial charge on any atom is 0.233 e. The number of benzene rings is 1. The Bertz CT molecular complexity index is 581. The molecule has 2 aliphatic heterocycles. The summed E-state index contributed by atoms with van der Waals surface area (Å²) in [6.45, 7) is 3.04. The van der Waals surface area contributed by atoms with Crippen molar-refractivity contribution in [3.05, 3.63) is 34.9 Å². The second kappa shape index (κ2) is 5.24. The van der Waals surface area contributed by atoms with E-state index in [0.717, 1.165) is 42.9 Å². The maximum atomic E-state index is 13.2. The standard InChI is InChI=1S/C18H23ClN2O/c1-20-10-7-13-11-21(12-16(13)20)17(22)18(8-2-9-18)14-3-5-15(19)6-4-14/h3-6,13,16H,2,7-12H2,1H3/t13-,16+/m1/s1. The Morgan fingerprint density at radius 2 is 1.95 bits per heavy atom. The second-order valence-corrected chi connectivity index (χ2v) is 7.69. The predicted molar refractivity (Wildman–Crippen MR) is 88.1 cm³/mol. The van der Waals surface area contributed by atoms with Gasteiger partial charge in [0.2, 0.25) is 5.91 Å². The van der Waals surface area contributed by atoms with Gasteiger partial charge in [-0.1, -0.05) is 30.2 Å². The highest BCUT2D eigenvalue weighted by atomic mass is 35.5. The number of halogens is 1. The molecule has 2 saturated heterocycles. The van der Waals surface area contributed by atoms with Crippen LogP contribution in [0.25, 0.3) is 0 Å². The van der Waals surface area contributed by atoms with E-state index in [4.69, 9.17) is 11.6 Å². The van der Waals surface area contributed by atoms with Crippen molar-refractivity contribution in [2.75, 3.05) is 26.7 Å². The fourth-order valence-electron chi connectivity index (χ4n) is 4.57. The molecule has 2 heterocycles. The number of hydrogen-bond acceptors (Lipinski definition) is 2. The first-order chi connectivity index (χ1) is 10.6. The van der Waals surface area contributed by atoms with Gasteiger partial charge < -0.3 is 9.80 Å². The quantitative estimate of drug-likeness (QED) is 0.837. The predicted octanol–water partition coefficient (Wildman–Crippen LogP) is 2.92. The molecular weight excluding hydrogens is 296 g/mol. The third kappa shape index (κ3) is 2.10. The van der Waals surface area contributed by atoms with Crippen molar-refractivity contribution in [1.29, 1.82) is 0 Å². The van der Waals surface area contributed by atoms with Crippen molar-refractivity contribution in [2.24, 2.45) is 5.92 Å². The van der Waals surface area contributed by atoms with Gasteiger partial charge >= 0.3 is 0 Å². The molecule has 118 valence electrons. The molecule has 1 aliphatic carbocycles. The monoisotopic (exact) mass is 318 g/mol. The number of hydrogen-bond donors (Lipinski definition) is 0. The van der Waals surface area contributed by atoms with Crippen molar-refractivity contribution in [2.45, 2.75) is 37.1 Å². The van der Waals surface area contributed by atoms with Crippen LogP contribution in [0, 0.1) is 5.92 Å². The summed E-state index contributed by atoms with van der Waals surface area (Å²) in [7, 11) is 2.19. The molecule has 0 aromatic heterocycles. The van der Waals surface area contributed by atoms with Crippen LogP contribution in [0.4, 0.5) is 0 Å².